The first-order valence-electron chi connectivity index (χ1n) is 9.92. The third kappa shape index (κ3) is 4.35. The van der Waals surface area contributed by atoms with Crippen LogP contribution in [0, 0.1) is 0 Å². The van der Waals surface area contributed by atoms with Crippen molar-refractivity contribution in [2.75, 3.05) is 0 Å². The van der Waals surface area contributed by atoms with Gasteiger partial charge in [-0.15, -0.1) is 0 Å². The fourth-order valence-electron chi connectivity index (χ4n) is 3.97. The Hall–Kier alpha value is -3.62. The molecule has 1 aromatic carbocycles. The highest BCUT2D eigenvalue weighted by molar-refractivity contribution is 5.94. The van der Waals surface area contributed by atoms with Crippen LogP contribution in [0.5, 0.6) is 5.75 Å². The van der Waals surface area contributed by atoms with E-state index in [1.165, 1.54) is 5.56 Å². The summed E-state index contributed by atoms with van der Waals surface area (Å²) < 4.78 is 1.91. The SMILES string of the molecule is O=C(NC1CCCC(c2cnn(Cc3ccccc3)c2)C1)c1[nH]c(=O)[nH]c(=O)c1O. The lowest BCUT2D eigenvalue weighted by Crippen LogP contribution is -2.40. The van der Waals surface area contributed by atoms with Gasteiger partial charge < -0.3 is 10.4 Å². The van der Waals surface area contributed by atoms with Crippen LogP contribution in [0.4, 0.5) is 0 Å². The molecule has 1 fully saturated rings. The monoisotopic (exact) mass is 409 g/mol. The average Bonchev–Trinajstić information content (AvgIpc) is 3.20. The van der Waals surface area contributed by atoms with E-state index < -0.39 is 28.6 Å². The molecule has 2 aromatic heterocycles. The second-order valence-electron chi connectivity index (χ2n) is 7.62. The van der Waals surface area contributed by atoms with Gasteiger partial charge in [0.25, 0.3) is 11.5 Å². The first kappa shape index (κ1) is 19.7. The number of aromatic amines is 2. The lowest BCUT2D eigenvalue weighted by Gasteiger charge is -2.29. The minimum Gasteiger partial charge on any atom is -0.501 e. The molecule has 156 valence electrons. The number of carbonyl (C=O) groups excluding carboxylic acids is 1. The second kappa shape index (κ2) is 8.40. The Kier molecular flexibility index (Phi) is 5.51. The number of hydrogen-bond acceptors (Lipinski definition) is 5. The van der Waals surface area contributed by atoms with Crippen LogP contribution in [-0.4, -0.2) is 36.8 Å². The molecule has 2 atom stereocenters. The number of rotatable bonds is 5. The number of H-pyrrole nitrogens is 2. The number of amides is 1. The third-order valence-electron chi connectivity index (χ3n) is 5.47. The molecule has 2 unspecified atom stereocenters. The van der Waals surface area contributed by atoms with E-state index in [4.69, 9.17) is 0 Å². The van der Waals surface area contributed by atoms with Crippen LogP contribution >= 0.6 is 0 Å². The zero-order chi connectivity index (χ0) is 21.1. The Labute approximate surface area is 171 Å². The summed E-state index contributed by atoms with van der Waals surface area (Å²) in [5.41, 5.74) is 0.0537. The van der Waals surface area contributed by atoms with Crippen molar-refractivity contribution >= 4 is 5.91 Å². The molecule has 0 radical (unpaired) electrons. The van der Waals surface area contributed by atoms with E-state index in [9.17, 15) is 19.5 Å². The molecule has 1 amide bonds. The summed E-state index contributed by atoms with van der Waals surface area (Å²) in [6, 6.07) is 9.97. The fourth-order valence-corrected chi connectivity index (χ4v) is 3.97. The summed E-state index contributed by atoms with van der Waals surface area (Å²) in [5.74, 6) is -1.21. The van der Waals surface area contributed by atoms with Crippen molar-refractivity contribution in [3.63, 3.8) is 0 Å². The highest BCUT2D eigenvalue weighted by atomic mass is 16.3. The van der Waals surface area contributed by atoms with E-state index in [-0.39, 0.29) is 12.0 Å². The number of nitrogens with one attached hydrogen (secondary N) is 3. The summed E-state index contributed by atoms with van der Waals surface area (Å²) in [4.78, 5) is 39.5. The Morgan fingerprint density at radius 3 is 2.80 bits per heavy atom. The van der Waals surface area contributed by atoms with Crippen molar-refractivity contribution in [2.24, 2.45) is 0 Å². The Morgan fingerprint density at radius 2 is 2.00 bits per heavy atom. The van der Waals surface area contributed by atoms with Crippen molar-refractivity contribution in [1.82, 2.24) is 25.1 Å². The lowest BCUT2D eigenvalue weighted by atomic mass is 9.82. The van der Waals surface area contributed by atoms with Gasteiger partial charge >= 0.3 is 5.69 Å². The maximum atomic E-state index is 12.5. The van der Waals surface area contributed by atoms with Crippen LogP contribution in [-0.2, 0) is 6.54 Å². The van der Waals surface area contributed by atoms with Crippen molar-refractivity contribution < 1.29 is 9.90 Å². The largest absolute Gasteiger partial charge is 0.501 e. The number of aromatic nitrogens is 4. The maximum absolute atomic E-state index is 12.5. The summed E-state index contributed by atoms with van der Waals surface area (Å²) in [5, 5.41) is 17.1. The van der Waals surface area contributed by atoms with Gasteiger partial charge in [-0.2, -0.15) is 5.10 Å². The molecule has 0 saturated heterocycles. The molecule has 1 aliphatic carbocycles. The molecule has 9 heteroatoms. The van der Waals surface area contributed by atoms with Gasteiger partial charge in [0.15, 0.2) is 5.69 Å². The highest BCUT2D eigenvalue weighted by Crippen LogP contribution is 2.33. The third-order valence-corrected chi connectivity index (χ3v) is 5.47. The van der Waals surface area contributed by atoms with Gasteiger partial charge in [0, 0.05) is 12.2 Å². The summed E-state index contributed by atoms with van der Waals surface area (Å²) in [6.07, 6.45) is 7.35. The molecule has 0 spiro atoms. The van der Waals surface area contributed by atoms with E-state index >= 15 is 0 Å². The predicted molar refractivity (Wildman–Crippen MR) is 110 cm³/mol. The lowest BCUT2D eigenvalue weighted by molar-refractivity contribution is 0.0916. The first-order chi connectivity index (χ1) is 14.5. The van der Waals surface area contributed by atoms with Crippen LogP contribution in [0.1, 0.15) is 53.2 Å². The van der Waals surface area contributed by atoms with Gasteiger partial charge in [-0.1, -0.05) is 36.8 Å². The van der Waals surface area contributed by atoms with Crippen LogP contribution in [0.2, 0.25) is 0 Å². The van der Waals surface area contributed by atoms with Gasteiger partial charge in [-0.05, 0) is 36.3 Å². The number of nitrogens with zero attached hydrogens (tertiary/aromatic N) is 2. The molecule has 30 heavy (non-hydrogen) atoms. The van der Waals surface area contributed by atoms with Gasteiger partial charge in [0.1, 0.15) is 0 Å². The summed E-state index contributed by atoms with van der Waals surface area (Å²) >= 11 is 0. The standard InChI is InChI=1S/C21H23N5O4/c27-18-17(24-21(30)25-20(18)29)19(28)23-16-8-4-7-14(9-16)15-10-22-26(12-15)11-13-5-2-1-3-6-13/h1-3,5-6,10,12,14,16,27H,4,7-9,11H2,(H,23,28)(H2,24,25,29,30). The molecular weight excluding hydrogens is 386 g/mol. The smallest absolute Gasteiger partial charge is 0.326 e. The number of carbonyl (C=O) groups is 1. The molecule has 0 aliphatic heterocycles. The van der Waals surface area contributed by atoms with Crippen LogP contribution in [0.15, 0.2) is 52.3 Å². The van der Waals surface area contributed by atoms with E-state index in [0.717, 1.165) is 31.2 Å². The Bertz CT molecular complexity index is 1150. The van der Waals surface area contributed by atoms with Crippen molar-refractivity contribution in [2.45, 2.75) is 44.2 Å². The van der Waals surface area contributed by atoms with Crippen molar-refractivity contribution in [3.8, 4) is 5.75 Å². The average molecular weight is 409 g/mol. The van der Waals surface area contributed by atoms with Crippen LogP contribution in [0.3, 0.4) is 0 Å². The molecule has 3 aromatic rings. The quantitative estimate of drug-likeness (QED) is 0.506. The summed E-state index contributed by atoms with van der Waals surface area (Å²) in [7, 11) is 0. The van der Waals surface area contributed by atoms with Gasteiger partial charge in [0.2, 0.25) is 5.75 Å². The Morgan fingerprint density at radius 1 is 1.20 bits per heavy atom. The van der Waals surface area contributed by atoms with Crippen LogP contribution in [0.25, 0.3) is 0 Å². The zero-order valence-electron chi connectivity index (χ0n) is 16.3. The fraction of sp³-hybridized carbons (Fsp3) is 0.333. The molecule has 1 aliphatic rings. The molecule has 4 rings (SSSR count). The maximum Gasteiger partial charge on any atom is 0.326 e. The molecule has 1 saturated carbocycles. The molecule has 9 nitrogen and oxygen atoms in total. The number of hydrogen-bond donors (Lipinski definition) is 4. The molecule has 4 N–H and O–H groups in total. The van der Waals surface area contributed by atoms with E-state index in [0.29, 0.717) is 6.54 Å². The van der Waals surface area contributed by atoms with E-state index in [1.807, 2.05) is 40.3 Å². The normalized spacial score (nSPS) is 18.8. The molecular formula is C21H23N5O4. The minimum absolute atomic E-state index is 0.129. The molecule has 0 bridgehead atoms. The minimum atomic E-state index is -0.990. The molecule has 2 heterocycles. The number of benzene rings is 1. The highest BCUT2D eigenvalue weighted by Gasteiger charge is 2.27. The Balaban J connectivity index is 1.42. The van der Waals surface area contributed by atoms with Crippen molar-refractivity contribution in [1.29, 1.82) is 0 Å². The van der Waals surface area contributed by atoms with Gasteiger partial charge in [-0.3, -0.25) is 24.2 Å². The van der Waals surface area contributed by atoms with E-state index in [2.05, 4.69) is 27.5 Å². The first-order valence-corrected chi connectivity index (χ1v) is 9.92. The number of aromatic hydroxyl groups is 1. The van der Waals surface area contributed by atoms with Gasteiger partial charge in [-0.25, -0.2) is 4.79 Å². The second-order valence-corrected chi connectivity index (χ2v) is 7.62. The predicted octanol–water partition coefficient (Wildman–Crippen LogP) is 1.47. The summed E-state index contributed by atoms with van der Waals surface area (Å²) in [6.45, 7) is 0.697. The van der Waals surface area contributed by atoms with Crippen molar-refractivity contribution in [3.05, 3.63) is 80.4 Å². The van der Waals surface area contributed by atoms with Crippen LogP contribution < -0.4 is 16.6 Å². The topological polar surface area (TPSA) is 133 Å². The van der Waals surface area contributed by atoms with Gasteiger partial charge in [0.05, 0.1) is 12.7 Å². The van der Waals surface area contributed by atoms with E-state index in [1.54, 1.807) is 0 Å². The zero-order valence-corrected chi connectivity index (χ0v) is 16.3.